The Morgan fingerprint density at radius 2 is 1.75 bits per heavy atom. The Kier molecular flexibility index (Phi) is 7.63. The maximum Gasteiger partial charge on any atom is 0.340 e. The van der Waals surface area contributed by atoms with Crippen LogP contribution in [0.4, 0.5) is 0 Å². The number of primary amides is 1. The Morgan fingerprint density at radius 3 is 2.29 bits per heavy atom. The van der Waals surface area contributed by atoms with Gasteiger partial charge in [-0.1, -0.05) is 51.1 Å². The maximum atomic E-state index is 11.8. The summed E-state index contributed by atoms with van der Waals surface area (Å²) >= 11 is 0. The fourth-order valence-electron chi connectivity index (χ4n) is 2.16. The van der Waals surface area contributed by atoms with Crippen molar-refractivity contribution in [2.75, 3.05) is 0 Å². The summed E-state index contributed by atoms with van der Waals surface area (Å²) in [6.45, 7) is 8.44. The second-order valence-electron chi connectivity index (χ2n) is 7.32. The van der Waals surface area contributed by atoms with Gasteiger partial charge in [0.15, 0.2) is 0 Å². The van der Waals surface area contributed by atoms with Crippen molar-refractivity contribution < 1.29 is 19.1 Å². The highest BCUT2D eigenvalue weighted by atomic mass is 28.4. The molecule has 6 heteroatoms. The molecule has 5 nitrogen and oxygen atoms in total. The summed E-state index contributed by atoms with van der Waals surface area (Å²) in [5.41, 5.74) is 6.31. The van der Waals surface area contributed by atoms with Crippen molar-refractivity contribution in [3.8, 4) is 0 Å². The molecule has 0 heterocycles. The van der Waals surface area contributed by atoms with E-state index in [0.717, 1.165) is 12.5 Å². The van der Waals surface area contributed by atoms with Crippen LogP contribution in [0.3, 0.4) is 0 Å². The predicted octanol–water partition coefficient (Wildman–Crippen LogP) is 3.73. The van der Waals surface area contributed by atoms with Gasteiger partial charge in [0.25, 0.3) is 8.32 Å². The smallest absolute Gasteiger partial charge is 0.340 e. The molecule has 0 bridgehead atoms. The van der Waals surface area contributed by atoms with Crippen molar-refractivity contribution in [3.05, 3.63) is 35.9 Å². The van der Waals surface area contributed by atoms with E-state index < -0.39 is 20.2 Å². The van der Waals surface area contributed by atoms with Gasteiger partial charge in [-0.2, -0.15) is 0 Å². The first kappa shape index (κ1) is 20.4. The second kappa shape index (κ2) is 8.99. The zero-order valence-electron chi connectivity index (χ0n) is 15.1. The molecule has 0 aliphatic carbocycles. The van der Waals surface area contributed by atoms with Gasteiger partial charge < -0.3 is 10.6 Å². The first-order chi connectivity index (χ1) is 11.1. The topological polar surface area (TPSA) is 78.6 Å². The van der Waals surface area contributed by atoms with Gasteiger partial charge in [-0.05, 0) is 36.0 Å². The van der Waals surface area contributed by atoms with Gasteiger partial charge in [0.2, 0.25) is 5.91 Å². The molecule has 0 saturated heterocycles. The minimum atomic E-state index is -2.29. The van der Waals surface area contributed by atoms with Crippen LogP contribution < -0.4 is 5.73 Å². The molecule has 1 amide bonds. The molecule has 0 spiro atoms. The van der Waals surface area contributed by atoms with E-state index in [1.165, 1.54) is 5.56 Å². The van der Waals surface area contributed by atoms with Crippen molar-refractivity contribution >= 4 is 20.2 Å². The Bertz CT molecular complexity index is 542. The number of carbonyl (C=O) groups excluding carboxylic acids is 2. The third-order valence-electron chi connectivity index (χ3n) is 4.44. The molecular formula is C18H29NO4Si. The number of carbonyl (C=O) groups is 2. The highest BCUT2D eigenvalue weighted by Gasteiger charge is 2.44. The molecule has 0 aliphatic heterocycles. The van der Waals surface area contributed by atoms with Crippen LogP contribution in [0, 0.1) is 0 Å². The Labute approximate surface area is 145 Å². The lowest BCUT2D eigenvalue weighted by molar-refractivity contribution is -0.222. The van der Waals surface area contributed by atoms with Crippen molar-refractivity contribution in [2.45, 2.75) is 64.1 Å². The van der Waals surface area contributed by atoms with Crippen LogP contribution in [0.5, 0.6) is 0 Å². The number of aryl methyl sites for hydroxylation is 1. The fourth-order valence-corrected chi connectivity index (χ4v) is 4.28. The molecule has 1 aromatic rings. The van der Waals surface area contributed by atoms with Crippen molar-refractivity contribution in [1.29, 1.82) is 0 Å². The number of amides is 1. The summed E-state index contributed by atoms with van der Waals surface area (Å²) in [5.74, 6) is -0.862. The molecular weight excluding hydrogens is 322 g/mol. The van der Waals surface area contributed by atoms with E-state index in [1.54, 1.807) is 0 Å². The summed E-state index contributed by atoms with van der Waals surface area (Å²) < 4.78 is 5.71. The molecule has 0 radical (unpaired) electrons. The summed E-state index contributed by atoms with van der Waals surface area (Å²) in [7, 11) is -2.29. The molecule has 0 aliphatic rings. The average molecular weight is 352 g/mol. The standard InChI is InChI=1S/C18H29NO4Si/c1-18(2,3)24(4,14-13-15-9-6-5-7-10-15)23-22-17(21)12-8-11-16(19)20/h5-7,9-10H,8,11-14H2,1-4H3,(H2,19,20)/t24-/m0/s1. The minimum Gasteiger partial charge on any atom is -0.370 e. The van der Waals surface area contributed by atoms with Gasteiger partial charge >= 0.3 is 5.97 Å². The van der Waals surface area contributed by atoms with Gasteiger partial charge in [-0.25, -0.2) is 9.37 Å². The third-order valence-corrected chi connectivity index (χ3v) is 9.27. The van der Waals surface area contributed by atoms with Gasteiger partial charge in [0.1, 0.15) is 0 Å². The lowest BCUT2D eigenvalue weighted by Crippen LogP contribution is -2.45. The van der Waals surface area contributed by atoms with Crippen LogP contribution in [0.1, 0.15) is 45.6 Å². The van der Waals surface area contributed by atoms with Crippen LogP contribution in [-0.2, 0) is 25.5 Å². The van der Waals surface area contributed by atoms with Crippen LogP contribution in [0.15, 0.2) is 30.3 Å². The third kappa shape index (κ3) is 6.84. The highest BCUT2D eigenvalue weighted by Crippen LogP contribution is 2.40. The molecule has 1 aromatic carbocycles. The summed E-state index contributed by atoms with van der Waals surface area (Å²) in [4.78, 5) is 27.6. The number of benzene rings is 1. The molecule has 1 atom stereocenters. The normalized spacial score (nSPS) is 14.0. The number of nitrogens with two attached hydrogens (primary N) is 1. The summed E-state index contributed by atoms with van der Waals surface area (Å²) in [6, 6.07) is 11.1. The van der Waals surface area contributed by atoms with E-state index in [1.807, 2.05) is 18.2 Å². The van der Waals surface area contributed by atoms with E-state index in [9.17, 15) is 9.59 Å². The highest BCUT2D eigenvalue weighted by molar-refractivity contribution is 6.75. The molecule has 2 N–H and O–H groups in total. The van der Waals surface area contributed by atoms with E-state index in [0.29, 0.717) is 6.42 Å². The van der Waals surface area contributed by atoms with E-state index in [2.05, 4.69) is 39.5 Å². The SMILES string of the molecule is CC(C)(C)[Si@](C)(CCc1ccccc1)OOC(=O)CCCC(N)=O. The first-order valence-corrected chi connectivity index (χ1v) is 11.0. The first-order valence-electron chi connectivity index (χ1n) is 8.35. The lowest BCUT2D eigenvalue weighted by Gasteiger charge is -2.37. The zero-order valence-corrected chi connectivity index (χ0v) is 16.1. The van der Waals surface area contributed by atoms with Gasteiger partial charge in [-0.3, -0.25) is 4.79 Å². The molecule has 0 saturated carbocycles. The molecule has 134 valence electrons. The van der Waals surface area contributed by atoms with Gasteiger partial charge in [-0.15, -0.1) is 0 Å². The average Bonchev–Trinajstić information content (AvgIpc) is 2.50. The predicted molar refractivity (Wildman–Crippen MR) is 96.5 cm³/mol. The monoisotopic (exact) mass is 351 g/mol. The van der Waals surface area contributed by atoms with Crippen molar-refractivity contribution in [1.82, 2.24) is 0 Å². The quantitative estimate of drug-likeness (QED) is 0.418. The van der Waals surface area contributed by atoms with Crippen LogP contribution in [0.2, 0.25) is 17.6 Å². The minimum absolute atomic E-state index is 0.0741. The Hall–Kier alpha value is -1.66. The zero-order chi connectivity index (χ0) is 18.2. The Morgan fingerprint density at radius 1 is 1.12 bits per heavy atom. The van der Waals surface area contributed by atoms with E-state index in [-0.39, 0.29) is 17.9 Å². The van der Waals surface area contributed by atoms with Crippen LogP contribution in [0.25, 0.3) is 0 Å². The fraction of sp³-hybridized carbons (Fsp3) is 0.556. The van der Waals surface area contributed by atoms with E-state index >= 15 is 0 Å². The number of rotatable bonds is 9. The molecule has 0 aromatic heterocycles. The van der Waals surface area contributed by atoms with Crippen molar-refractivity contribution in [3.63, 3.8) is 0 Å². The second-order valence-corrected chi connectivity index (χ2v) is 12.0. The largest absolute Gasteiger partial charge is 0.370 e. The summed E-state index contributed by atoms with van der Waals surface area (Å²) in [5, 5.41) is -0.0741. The molecule has 0 fully saturated rings. The van der Waals surface area contributed by atoms with E-state index in [4.69, 9.17) is 15.2 Å². The van der Waals surface area contributed by atoms with Crippen LogP contribution in [-0.4, -0.2) is 20.2 Å². The molecule has 0 unspecified atom stereocenters. The lowest BCUT2D eigenvalue weighted by atomic mass is 10.2. The van der Waals surface area contributed by atoms with Gasteiger partial charge in [0.05, 0.1) is 0 Å². The van der Waals surface area contributed by atoms with Gasteiger partial charge in [0, 0.05) is 12.8 Å². The summed E-state index contributed by atoms with van der Waals surface area (Å²) in [6.07, 6.45) is 1.59. The maximum absolute atomic E-state index is 11.8. The Balaban J connectivity index is 2.58. The molecule has 1 rings (SSSR count). The molecule has 24 heavy (non-hydrogen) atoms. The van der Waals surface area contributed by atoms with Crippen LogP contribution >= 0.6 is 0 Å². The number of hydrogen-bond donors (Lipinski definition) is 1. The number of hydrogen-bond acceptors (Lipinski definition) is 4. The van der Waals surface area contributed by atoms with Crippen molar-refractivity contribution in [2.24, 2.45) is 5.73 Å².